The Morgan fingerprint density at radius 2 is 1.81 bits per heavy atom. The van der Waals surface area contributed by atoms with Crippen LogP contribution in [0.5, 0.6) is 0 Å². The molecule has 0 fully saturated rings. The van der Waals surface area contributed by atoms with Crippen LogP contribution in [0.2, 0.25) is 0 Å². The Hall–Kier alpha value is -1.42. The molecular weight excluding hydrogens is 336 g/mol. The SMILES string of the molecule is CCCCC(Nc1cc(Br)ccc1F)c1ccc(F)cc1. The summed E-state index contributed by atoms with van der Waals surface area (Å²) in [4.78, 5) is 0. The van der Waals surface area contributed by atoms with Gasteiger partial charge >= 0.3 is 0 Å². The molecule has 0 saturated carbocycles. The van der Waals surface area contributed by atoms with Crippen molar-refractivity contribution in [1.82, 2.24) is 0 Å². The van der Waals surface area contributed by atoms with Crippen LogP contribution >= 0.6 is 15.9 Å². The Bertz CT molecular complexity index is 584. The van der Waals surface area contributed by atoms with Crippen LogP contribution in [0.4, 0.5) is 14.5 Å². The molecule has 1 unspecified atom stereocenters. The fraction of sp³-hybridized carbons (Fsp3) is 0.294. The zero-order chi connectivity index (χ0) is 15.2. The predicted octanol–water partition coefficient (Wildman–Crippen LogP) is 6.07. The Morgan fingerprint density at radius 1 is 1.10 bits per heavy atom. The molecule has 2 aromatic rings. The molecule has 1 N–H and O–H groups in total. The fourth-order valence-electron chi connectivity index (χ4n) is 2.22. The molecule has 1 nitrogen and oxygen atoms in total. The van der Waals surface area contributed by atoms with Gasteiger partial charge < -0.3 is 5.32 Å². The molecule has 0 aromatic heterocycles. The van der Waals surface area contributed by atoms with Gasteiger partial charge in [0, 0.05) is 4.47 Å². The van der Waals surface area contributed by atoms with Crippen molar-refractivity contribution in [3.05, 3.63) is 64.1 Å². The molecule has 0 spiro atoms. The van der Waals surface area contributed by atoms with E-state index in [2.05, 4.69) is 28.2 Å². The summed E-state index contributed by atoms with van der Waals surface area (Å²) in [7, 11) is 0. The average molecular weight is 354 g/mol. The van der Waals surface area contributed by atoms with Crippen LogP contribution in [-0.4, -0.2) is 0 Å². The summed E-state index contributed by atoms with van der Waals surface area (Å²) in [5.74, 6) is -0.552. The van der Waals surface area contributed by atoms with E-state index in [4.69, 9.17) is 0 Å². The van der Waals surface area contributed by atoms with Crippen molar-refractivity contribution in [2.75, 3.05) is 5.32 Å². The summed E-state index contributed by atoms with van der Waals surface area (Å²) in [5.41, 5.74) is 1.42. The van der Waals surface area contributed by atoms with E-state index in [0.717, 1.165) is 29.3 Å². The van der Waals surface area contributed by atoms with Crippen molar-refractivity contribution in [2.45, 2.75) is 32.2 Å². The summed E-state index contributed by atoms with van der Waals surface area (Å²) >= 11 is 3.35. The maximum absolute atomic E-state index is 13.9. The largest absolute Gasteiger partial charge is 0.376 e. The lowest BCUT2D eigenvalue weighted by Gasteiger charge is -2.21. The maximum Gasteiger partial charge on any atom is 0.146 e. The zero-order valence-corrected chi connectivity index (χ0v) is 13.5. The standard InChI is InChI=1S/C17H18BrF2N/c1-2-3-4-16(12-5-8-14(19)9-6-12)21-17-11-13(18)7-10-15(17)20/h5-11,16,21H,2-4H2,1H3. The van der Waals surface area contributed by atoms with E-state index in [-0.39, 0.29) is 17.7 Å². The number of rotatable bonds is 6. The van der Waals surface area contributed by atoms with Crippen LogP contribution in [0.15, 0.2) is 46.9 Å². The van der Waals surface area contributed by atoms with Gasteiger partial charge in [-0.3, -0.25) is 0 Å². The second-order valence-corrected chi connectivity index (χ2v) is 5.93. The molecule has 0 heterocycles. The van der Waals surface area contributed by atoms with E-state index in [0.29, 0.717) is 5.69 Å². The zero-order valence-electron chi connectivity index (χ0n) is 11.9. The van der Waals surface area contributed by atoms with Gasteiger partial charge in [-0.1, -0.05) is 47.8 Å². The minimum atomic E-state index is -0.290. The molecule has 2 aromatic carbocycles. The summed E-state index contributed by atoms with van der Waals surface area (Å²) < 4.78 is 27.8. The van der Waals surface area contributed by atoms with E-state index in [1.54, 1.807) is 24.3 Å². The molecule has 1 atom stereocenters. The Balaban J connectivity index is 2.23. The van der Waals surface area contributed by atoms with E-state index in [1.165, 1.54) is 18.2 Å². The third-order valence-corrected chi connectivity index (χ3v) is 3.87. The Labute approximate surface area is 132 Å². The van der Waals surface area contributed by atoms with Gasteiger partial charge in [0.1, 0.15) is 11.6 Å². The first kappa shape index (κ1) is 16.0. The number of benzene rings is 2. The van der Waals surface area contributed by atoms with Crippen LogP contribution in [-0.2, 0) is 0 Å². The van der Waals surface area contributed by atoms with Gasteiger partial charge in [0.15, 0.2) is 0 Å². The molecule has 112 valence electrons. The molecule has 0 radical (unpaired) electrons. The van der Waals surface area contributed by atoms with Gasteiger partial charge in [-0.05, 0) is 42.3 Å². The smallest absolute Gasteiger partial charge is 0.146 e. The van der Waals surface area contributed by atoms with Crippen molar-refractivity contribution >= 4 is 21.6 Å². The molecule has 0 saturated heterocycles. The molecule has 0 bridgehead atoms. The van der Waals surface area contributed by atoms with Crippen molar-refractivity contribution in [2.24, 2.45) is 0 Å². The van der Waals surface area contributed by atoms with Crippen LogP contribution in [0, 0.1) is 11.6 Å². The second-order valence-electron chi connectivity index (χ2n) is 5.01. The lowest BCUT2D eigenvalue weighted by molar-refractivity contribution is 0.602. The number of halogens is 3. The van der Waals surface area contributed by atoms with Crippen molar-refractivity contribution < 1.29 is 8.78 Å². The average Bonchev–Trinajstić information content (AvgIpc) is 2.48. The lowest BCUT2D eigenvalue weighted by Crippen LogP contribution is -2.12. The quantitative estimate of drug-likeness (QED) is 0.664. The van der Waals surface area contributed by atoms with Gasteiger partial charge in [0.2, 0.25) is 0 Å². The molecule has 21 heavy (non-hydrogen) atoms. The Morgan fingerprint density at radius 3 is 2.48 bits per heavy atom. The van der Waals surface area contributed by atoms with Gasteiger partial charge in [0.25, 0.3) is 0 Å². The molecule has 0 aliphatic rings. The molecular formula is C17H18BrF2N. The topological polar surface area (TPSA) is 12.0 Å². The maximum atomic E-state index is 13.9. The summed E-state index contributed by atoms with van der Waals surface area (Å²) in [6.07, 6.45) is 2.94. The lowest BCUT2D eigenvalue weighted by atomic mass is 10.0. The summed E-state index contributed by atoms with van der Waals surface area (Å²) in [5, 5.41) is 3.23. The monoisotopic (exact) mass is 353 g/mol. The van der Waals surface area contributed by atoms with E-state index in [1.807, 2.05) is 0 Å². The van der Waals surface area contributed by atoms with Crippen LogP contribution < -0.4 is 5.32 Å². The fourth-order valence-corrected chi connectivity index (χ4v) is 2.58. The van der Waals surface area contributed by atoms with Crippen LogP contribution in [0.25, 0.3) is 0 Å². The number of anilines is 1. The highest BCUT2D eigenvalue weighted by atomic mass is 79.9. The highest BCUT2D eigenvalue weighted by Crippen LogP contribution is 2.28. The molecule has 2 rings (SSSR count). The third kappa shape index (κ3) is 4.53. The van der Waals surface area contributed by atoms with Crippen LogP contribution in [0.1, 0.15) is 37.8 Å². The highest BCUT2D eigenvalue weighted by Gasteiger charge is 2.13. The first-order valence-electron chi connectivity index (χ1n) is 7.07. The van der Waals surface area contributed by atoms with Crippen LogP contribution in [0.3, 0.4) is 0 Å². The van der Waals surface area contributed by atoms with Crippen molar-refractivity contribution in [1.29, 1.82) is 0 Å². The molecule has 4 heteroatoms. The molecule has 0 aliphatic carbocycles. The van der Waals surface area contributed by atoms with Gasteiger partial charge in [-0.15, -0.1) is 0 Å². The van der Waals surface area contributed by atoms with E-state index in [9.17, 15) is 8.78 Å². The number of hydrogen-bond acceptors (Lipinski definition) is 1. The molecule has 0 amide bonds. The minimum Gasteiger partial charge on any atom is -0.376 e. The van der Waals surface area contributed by atoms with Crippen molar-refractivity contribution in [3.8, 4) is 0 Å². The van der Waals surface area contributed by atoms with Gasteiger partial charge in [-0.2, -0.15) is 0 Å². The number of unbranched alkanes of at least 4 members (excludes halogenated alkanes) is 1. The summed E-state index contributed by atoms with van der Waals surface area (Å²) in [6.45, 7) is 2.11. The highest BCUT2D eigenvalue weighted by molar-refractivity contribution is 9.10. The Kier molecular flexibility index (Phi) is 5.74. The first-order chi connectivity index (χ1) is 10.1. The number of nitrogens with one attached hydrogen (secondary N) is 1. The second kappa shape index (κ2) is 7.55. The third-order valence-electron chi connectivity index (χ3n) is 3.38. The predicted molar refractivity (Wildman–Crippen MR) is 86.4 cm³/mol. The van der Waals surface area contributed by atoms with Gasteiger partial charge in [-0.25, -0.2) is 8.78 Å². The van der Waals surface area contributed by atoms with E-state index < -0.39 is 0 Å². The normalized spacial score (nSPS) is 12.2. The van der Waals surface area contributed by atoms with E-state index >= 15 is 0 Å². The number of hydrogen-bond donors (Lipinski definition) is 1. The summed E-state index contributed by atoms with van der Waals surface area (Å²) in [6, 6.07) is 11.2. The van der Waals surface area contributed by atoms with Crippen molar-refractivity contribution in [3.63, 3.8) is 0 Å². The first-order valence-corrected chi connectivity index (χ1v) is 7.86. The van der Waals surface area contributed by atoms with Gasteiger partial charge in [0.05, 0.1) is 11.7 Å². The minimum absolute atomic E-state index is 0.0330. The molecule has 0 aliphatic heterocycles.